The number of para-hydroxylation sites is 1. The molecule has 0 bridgehead atoms. The molecule has 88 valence electrons. The normalized spacial score (nSPS) is 18.7. The highest BCUT2D eigenvalue weighted by molar-refractivity contribution is 6.32. The van der Waals surface area contributed by atoms with Crippen LogP contribution in [-0.4, -0.2) is 11.2 Å². The molecule has 1 aromatic rings. The summed E-state index contributed by atoms with van der Waals surface area (Å²) < 4.78 is 5.91. The molecule has 0 amide bonds. The predicted molar refractivity (Wildman–Crippen MR) is 65.0 cm³/mol. The van der Waals surface area contributed by atoms with E-state index in [0.29, 0.717) is 10.8 Å². The lowest BCUT2D eigenvalue weighted by molar-refractivity contribution is 0.174. The van der Waals surface area contributed by atoms with Crippen LogP contribution in [0.25, 0.3) is 0 Å². The van der Waals surface area contributed by atoms with E-state index in [0.717, 1.165) is 18.4 Å². The van der Waals surface area contributed by atoms with Gasteiger partial charge in [-0.25, -0.2) is 0 Å². The van der Waals surface area contributed by atoms with Gasteiger partial charge in [0.1, 0.15) is 5.75 Å². The number of aliphatic hydroxyl groups excluding tert-OH is 1. The molecule has 1 atom stereocenters. The molecule has 0 radical (unpaired) electrons. The first-order valence-corrected chi connectivity index (χ1v) is 6.19. The minimum Gasteiger partial charge on any atom is -0.488 e. The van der Waals surface area contributed by atoms with E-state index in [-0.39, 0.29) is 6.10 Å². The van der Waals surface area contributed by atoms with Crippen LogP contribution >= 0.6 is 11.6 Å². The molecule has 1 unspecified atom stereocenters. The third-order valence-electron chi connectivity index (χ3n) is 3.03. The summed E-state index contributed by atoms with van der Waals surface area (Å²) >= 11 is 6.12. The molecule has 2 rings (SSSR count). The Bertz CT molecular complexity index is 357. The fourth-order valence-corrected chi connectivity index (χ4v) is 2.38. The van der Waals surface area contributed by atoms with E-state index in [9.17, 15) is 5.11 Å². The lowest BCUT2D eigenvalue weighted by Gasteiger charge is -2.19. The van der Waals surface area contributed by atoms with Crippen molar-refractivity contribution in [1.82, 2.24) is 0 Å². The molecular weight excluding hydrogens is 224 g/mol. The minimum absolute atomic E-state index is 0.261. The lowest BCUT2D eigenvalue weighted by Crippen LogP contribution is -2.13. The monoisotopic (exact) mass is 240 g/mol. The number of hydrogen-bond acceptors (Lipinski definition) is 2. The summed E-state index contributed by atoms with van der Waals surface area (Å²) in [5.41, 5.74) is 0.777. The van der Waals surface area contributed by atoms with Crippen molar-refractivity contribution in [3.63, 3.8) is 0 Å². The first kappa shape index (κ1) is 11.7. The second-order valence-electron chi connectivity index (χ2n) is 4.36. The molecule has 2 nitrogen and oxygen atoms in total. The summed E-state index contributed by atoms with van der Waals surface area (Å²) in [4.78, 5) is 0. The van der Waals surface area contributed by atoms with Crippen LogP contribution in [0.5, 0.6) is 5.75 Å². The van der Waals surface area contributed by atoms with E-state index in [2.05, 4.69) is 0 Å². The van der Waals surface area contributed by atoms with Gasteiger partial charge in [0.15, 0.2) is 0 Å². The number of hydrogen-bond donors (Lipinski definition) is 1. The van der Waals surface area contributed by atoms with Crippen LogP contribution in [0.15, 0.2) is 18.2 Å². The predicted octanol–water partition coefficient (Wildman–Crippen LogP) is 3.71. The van der Waals surface area contributed by atoms with Gasteiger partial charge in [0.2, 0.25) is 0 Å². The van der Waals surface area contributed by atoms with Gasteiger partial charge < -0.3 is 9.84 Å². The highest BCUT2D eigenvalue weighted by atomic mass is 35.5. The van der Waals surface area contributed by atoms with E-state index in [1.165, 1.54) is 12.8 Å². The maximum absolute atomic E-state index is 9.66. The summed E-state index contributed by atoms with van der Waals surface area (Å²) in [7, 11) is 0. The summed E-state index contributed by atoms with van der Waals surface area (Å²) in [6, 6.07) is 5.50. The van der Waals surface area contributed by atoms with Crippen LogP contribution in [0.1, 0.15) is 44.3 Å². The van der Waals surface area contributed by atoms with Crippen molar-refractivity contribution >= 4 is 11.6 Å². The molecule has 0 aliphatic heterocycles. The van der Waals surface area contributed by atoms with Gasteiger partial charge >= 0.3 is 0 Å². The molecule has 1 N–H and O–H groups in total. The van der Waals surface area contributed by atoms with Crippen molar-refractivity contribution in [3.05, 3.63) is 28.8 Å². The second kappa shape index (κ2) is 5.07. The van der Waals surface area contributed by atoms with Crippen molar-refractivity contribution in [2.45, 2.75) is 44.8 Å². The van der Waals surface area contributed by atoms with Gasteiger partial charge in [0.05, 0.1) is 17.2 Å². The largest absolute Gasteiger partial charge is 0.488 e. The average molecular weight is 241 g/mol. The molecule has 1 saturated carbocycles. The summed E-state index contributed by atoms with van der Waals surface area (Å²) in [6.45, 7) is 1.73. The fraction of sp³-hybridized carbons (Fsp3) is 0.538. The molecule has 0 aromatic heterocycles. The third-order valence-corrected chi connectivity index (χ3v) is 3.33. The van der Waals surface area contributed by atoms with Crippen LogP contribution in [-0.2, 0) is 0 Å². The van der Waals surface area contributed by atoms with Gasteiger partial charge in [0, 0.05) is 5.56 Å². The van der Waals surface area contributed by atoms with Crippen LogP contribution in [0, 0.1) is 0 Å². The minimum atomic E-state index is -0.546. The Labute approximate surface area is 101 Å². The van der Waals surface area contributed by atoms with Crippen molar-refractivity contribution in [3.8, 4) is 5.75 Å². The molecule has 3 heteroatoms. The third kappa shape index (κ3) is 2.50. The van der Waals surface area contributed by atoms with Crippen molar-refractivity contribution in [2.75, 3.05) is 0 Å². The number of ether oxygens (including phenoxy) is 1. The number of halogens is 1. The van der Waals surface area contributed by atoms with Gasteiger partial charge in [-0.3, -0.25) is 0 Å². The molecule has 1 aliphatic carbocycles. The van der Waals surface area contributed by atoms with Gasteiger partial charge in [-0.1, -0.05) is 23.7 Å². The SMILES string of the molecule is CC(O)c1cccc(Cl)c1OC1CCCC1. The van der Waals surface area contributed by atoms with Crippen LogP contribution in [0.3, 0.4) is 0 Å². The summed E-state index contributed by atoms with van der Waals surface area (Å²) in [5, 5.41) is 10.3. The Balaban J connectivity index is 2.23. The van der Waals surface area contributed by atoms with E-state index < -0.39 is 6.10 Å². The average Bonchev–Trinajstić information content (AvgIpc) is 2.73. The van der Waals surface area contributed by atoms with E-state index >= 15 is 0 Å². The highest BCUT2D eigenvalue weighted by Gasteiger charge is 2.20. The Morgan fingerprint density at radius 2 is 2.06 bits per heavy atom. The van der Waals surface area contributed by atoms with E-state index in [4.69, 9.17) is 16.3 Å². The maximum Gasteiger partial charge on any atom is 0.144 e. The first-order chi connectivity index (χ1) is 7.68. The Hall–Kier alpha value is -0.730. The molecule has 0 heterocycles. The lowest BCUT2D eigenvalue weighted by atomic mass is 10.1. The molecule has 1 aliphatic rings. The number of benzene rings is 1. The smallest absolute Gasteiger partial charge is 0.144 e. The molecule has 1 fully saturated rings. The van der Waals surface area contributed by atoms with Crippen LogP contribution < -0.4 is 4.74 Å². The Morgan fingerprint density at radius 3 is 2.69 bits per heavy atom. The molecule has 16 heavy (non-hydrogen) atoms. The van der Waals surface area contributed by atoms with E-state index in [1.54, 1.807) is 13.0 Å². The van der Waals surface area contributed by atoms with E-state index in [1.807, 2.05) is 12.1 Å². The van der Waals surface area contributed by atoms with Gasteiger partial charge in [0.25, 0.3) is 0 Å². The van der Waals surface area contributed by atoms with Gasteiger partial charge in [-0.05, 0) is 38.7 Å². The number of aliphatic hydroxyl groups is 1. The Morgan fingerprint density at radius 1 is 1.38 bits per heavy atom. The summed E-state index contributed by atoms with van der Waals surface area (Å²) in [5.74, 6) is 0.658. The van der Waals surface area contributed by atoms with Gasteiger partial charge in [-0.15, -0.1) is 0 Å². The topological polar surface area (TPSA) is 29.5 Å². The Kier molecular flexibility index (Phi) is 3.72. The molecule has 0 saturated heterocycles. The standard InChI is InChI=1S/C13H17ClO2/c1-9(15)11-7-4-8-12(14)13(11)16-10-5-2-3-6-10/h4,7-10,15H,2-3,5-6H2,1H3. The number of rotatable bonds is 3. The van der Waals surface area contributed by atoms with Gasteiger partial charge in [-0.2, -0.15) is 0 Å². The zero-order valence-electron chi connectivity index (χ0n) is 9.45. The van der Waals surface area contributed by atoms with Crippen molar-refractivity contribution in [2.24, 2.45) is 0 Å². The molecule has 1 aromatic carbocycles. The van der Waals surface area contributed by atoms with Crippen molar-refractivity contribution in [1.29, 1.82) is 0 Å². The zero-order chi connectivity index (χ0) is 11.5. The first-order valence-electron chi connectivity index (χ1n) is 5.81. The van der Waals surface area contributed by atoms with Crippen LogP contribution in [0.4, 0.5) is 0 Å². The molecule has 0 spiro atoms. The summed E-state index contributed by atoms with van der Waals surface area (Å²) in [6.07, 6.45) is 4.33. The van der Waals surface area contributed by atoms with Crippen molar-refractivity contribution < 1.29 is 9.84 Å². The molecular formula is C13H17ClO2. The highest BCUT2D eigenvalue weighted by Crippen LogP contribution is 2.35. The fourth-order valence-electron chi connectivity index (χ4n) is 2.15. The maximum atomic E-state index is 9.66. The quantitative estimate of drug-likeness (QED) is 0.873. The second-order valence-corrected chi connectivity index (χ2v) is 4.77. The zero-order valence-corrected chi connectivity index (χ0v) is 10.2. The van der Waals surface area contributed by atoms with Crippen LogP contribution in [0.2, 0.25) is 5.02 Å².